The largest absolute Gasteiger partial charge is 0.496 e. The van der Waals surface area contributed by atoms with E-state index in [-0.39, 0.29) is 5.91 Å². The highest BCUT2D eigenvalue weighted by atomic mass is 79.9. The number of ether oxygens (including phenoxy) is 2. The van der Waals surface area contributed by atoms with E-state index in [0.29, 0.717) is 17.2 Å². The number of rotatable bonds is 5. The minimum Gasteiger partial charge on any atom is -0.496 e. The van der Waals surface area contributed by atoms with Gasteiger partial charge in [0.15, 0.2) is 0 Å². The third-order valence-electron chi connectivity index (χ3n) is 2.99. The van der Waals surface area contributed by atoms with Gasteiger partial charge in [0.1, 0.15) is 11.5 Å². The van der Waals surface area contributed by atoms with Crippen LogP contribution in [-0.4, -0.2) is 19.0 Å². The standard InChI is InChI=1S/C18H16BrNO4/c1-12(21)24-16-7-5-15(6-8-16)20-18(22)10-3-13-11-14(19)4-9-17(13)23-2/h3-11H,1-2H3,(H,20,22)/b10-3+. The molecule has 0 saturated heterocycles. The normalized spacial score (nSPS) is 10.5. The topological polar surface area (TPSA) is 64.6 Å². The molecule has 0 aliphatic rings. The molecule has 2 aromatic rings. The van der Waals surface area contributed by atoms with Crippen LogP contribution in [0.4, 0.5) is 5.69 Å². The average molecular weight is 390 g/mol. The Balaban J connectivity index is 2.02. The SMILES string of the molecule is COc1ccc(Br)cc1/C=C/C(=O)Nc1ccc(OC(C)=O)cc1. The van der Waals surface area contributed by atoms with E-state index in [1.54, 1.807) is 37.5 Å². The van der Waals surface area contributed by atoms with Gasteiger partial charge in [0, 0.05) is 28.7 Å². The van der Waals surface area contributed by atoms with Crippen molar-refractivity contribution >= 4 is 39.6 Å². The van der Waals surface area contributed by atoms with Gasteiger partial charge in [0.25, 0.3) is 0 Å². The Hall–Kier alpha value is -2.60. The number of carbonyl (C=O) groups is 2. The Kier molecular flexibility index (Phi) is 6.14. The van der Waals surface area contributed by atoms with Gasteiger partial charge in [-0.05, 0) is 48.5 Å². The van der Waals surface area contributed by atoms with E-state index in [0.717, 1.165) is 10.0 Å². The first-order chi connectivity index (χ1) is 11.5. The van der Waals surface area contributed by atoms with Crippen LogP contribution in [0.15, 0.2) is 53.0 Å². The summed E-state index contributed by atoms with van der Waals surface area (Å²) in [5, 5.41) is 2.73. The van der Waals surface area contributed by atoms with Crippen molar-refractivity contribution in [1.29, 1.82) is 0 Å². The van der Waals surface area contributed by atoms with Gasteiger partial charge in [-0.2, -0.15) is 0 Å². The molecule has 2 aromatic carbocycles. The molecule has 0 radical (unpaired) electrons. The van der Waals surface area contributed by atoms with Gasteiger partial charge in [-0.15, -0.1) is 0 Å². The molecule has 0 atom stereocenters. The van der Waals surface area contributed by atoms with E-state index >= 15 is 0 Å². The lowest BCUT2D eigenvalue weighted by atomic mass is 10.2. The molecule has 0 saturated carbocycles. The summed E-state index contributed by atoms with van der Waals surface area (Å²) in [6.07, 6.45) is 3.09. The molecule has 0 heterocycles. The Morgan fingerprint density at radius 1 is 1.12 bits per heavy atom. The van der Waals surface area contributed by atoms with Crippen LogP contribution >= 0.6 is 15.9 Å². The third kappa shape index (κ3) is 5.24. The summed E-state index contributed by atoms with van der Waals surface area (Å²) in [6, 6.07) is 12.1. The second-order valence-electron chi connectivity index (χ2n) is 4.83. The molecule has 0 bridgehead atoms. The molecule has 24 heavy (non-hydrogen) atoms. The molecule has 0 aliphatic heterocycles. The van der Waals surface area contributed by atoms with Crippen molar-refractivity contribution in [3.8, 4) is 11.5 Å². The van der Waals surface area contributed by atoms with E-state index in [9.17, 15) is 9.59 Å². The summed E-state index contributed by atoms with van der Waals surface area (Å²) in [6.45, 7) is 1.33. The maximum absolute atomic E-state index is 12.0. The highest BCUT2D eigenvalue weighted by Crippen LogP contribution is 2.24. The first-order valence-corrected chi connectivity index (χ1v) is 7.88. The Labute approximate surface area is 148 Å². The molecule has 0 aliphatic carbocycles. The lowest BCUT2D eigenvalue weighted by molar-refractivity contribution is -0.131. The number of hydrogen-bond acceptors (Lipinski definition) is 4. The van der Waals surface area contributed by atoms with Gasteiger partial charge in [0.05, 0.1) is 7.11 Å². The van der Waals surface area contributed by atoms with Gasteiger partial charge in [-0.1, -0.05) is 15.9 Å². The number of nitrogens with one attached hydrogen (secondary N) is 1. The highest BCUT2D eigenvalue weighted by Gasteiger charge is 2.03. The van der Waals surface area contributed by atoms with Gasteiger partial charge in [0.2, 0.25) is 5.91 Å². The first kappa shape index (κ1) is 17.7. The minimum absolute atomic E-state index is 0.280. The Morgan fingerprint density at radius 3 is 2.46 bits per heavy atom. The average Bonchev–Trinajstić information content (AvgIpc) is 2.54. The Bertz CT molecular complexity index is 769. The summed E-state index contributed by atoms with van der Waals surface area (Å²) < 4.78 is 11.1. The summed E-state index contributed by atoms with van der Waals surface area (Å²) in [7, 11) is 1.57. The lowest BCUT2D eigenvalue weighted by Gasteiger charge is -2.06. The van der Waals surface area contributed by atoms with Crippen LogP contribution in [-0.2, 0) is 9.59 Å². The monoisotopic (exact) mass is 389 g/mol. The number of halogens is 1. The number of carbonyl (C=O) groups excluding carboxylic acids is 2. The van der Waals surface area contributed by atoms with Crippen LogP contribution < -0.4 is 14.8 Å². The van der Waals surface area contributed by atoms with Crippen LogP contribution in [0, 0.1) is 0 Å². The number of hydrogen-bond donors (Lipinski definition) is 1. The lowest BCUT2D eigenvalue weighted by Crippen LogP contribution is -2.08. The van der Waals surface area contributed by atoms with E-state index in [2.05, 4.69) is 21.2 Å². The first-order valence-electron chi connectivity index (χ1n) is 7.09. The minimum atomic E-state index is -0.391. The molecule has 1 amide bonds. The second-order valence-corrected chi connectivity index (χ2v) is 5.74. The number of esters is 1. The van der Waals surface area contributed by atoms with Crippen molar-refractivity contribution in [1.82, 2.24) is 0 Å². The zero-order valence-corrected chi connectivity index (χ0v) is 14.8. The molecule has 0 fully saturated rings. The number of methoxy groups -OCH3 is 1. The fraction of sp³-hybridized carbons (Fsp3) is 0.111. The molecular formula is C18H16BrNO4. The summed E-state index contributed by atoms with van der Waals surface area (Å²) in [4.78, 5) is 22.9. The van der Waals surface area contributed by atoms with Gasteiger partial charge < -0.3 is 14.8 Å². The number of amides is 1. The fourth-order valence-corrected chi connectivity index (χ4v) is 2.34. The van der Waals surface area contributed by atoms with Gasteiger partial charge >= 0.3 is 5.97 Å². The fourth-order valence-electron chi connectivity index (χ4n) is 1.96. The van der Waals surface area contributed by atoms with Crippen LogP contribution in [0.25, 0.3) is 6.08 Å². The van der Waals surface area contributed by atoms with Gasteiger partial charge in [-0.25, -0.2) is 0 Å². The van der Waals surface area contributed by atoms with Crippen LogP contribution in [0.5, 0.6) is 11.5 Å². The van der Waals surface area contributed by atoms with Crippen molar-refractivity contribution in [2.75, 3.05) is 12.4 Å². The molecule has 0 aromatic heterocycles. The summed E-state index contributed by atoms with van der Waals surface area (Å²) >= 11 is 3.38. The third-order valence-corrected chi connectivity index (χ3v) is 3.48. The molecule has 6 heteroatoms. The van der Waals surface area contributed by atoms with Crippen molar-refractivity contribution in [2.24, 2.45) is 0 Å². The van der Waals surface area contributed by atoms with E-state index in [1.165, 1.54) is 13.0 Å². The van der Waals surface area contributed by atoms with Crippen LogP contribution in [0.3, 0.4) is 0 Å². The number of benzene rings is 2. The zero-order chi connectivity index (χ0) is 17.5. The Morgan fingerprint density at radius 2 is 1.83 bits per heavy atom. The molecule has 0 spiro atoms. The highest BCUT2D eigenvalue weighted by molar-refractivity contribution is 9.10. The molecule has 124 valence electrons. The molecule has 0 unspecified atom stereocenters. The zero-order valence-electron chi connectivity index (χ0n) is 13.2. The molecule has 1 N–H and O–H groups in total. The maximum Gasteiger partial charge on any atom is 0.308 e. The predicted molar refractivity (Wildman–Crippen MR) is 96.1 cm³/mol. The predicted octanol–water partition coefficient (Wildman–Crippen LogP) is 4.03. The summed E-state index contributed by atoms with van der Waals surface area (Å²) in [5.41, 5.74) is 1.38. The summed E-state index contributed by atoms with van der Waals surface area (Å²) in [5.74, 6) is 0.429. The van der Waals surface area contributed by atoms with E-state index in [1.807, 2.05) is 18.2 Å². The van der Waals surface area contributed by atoms with Crippen LogP contribution in [0.2, 0.25) is 0 Å². The van der Waals surface area contributed by atoms with Crippen molar-refractivity contribution < 1.29 is 19.1 Å². The van der Waals surface area contributed by atoms with Crippen molar-refractivity contribution in [3.05, 3.63) is 58.6 Å². The molecule has 2 rings (SSSR count). The van der Waals surface area contributed by atoms with Crippen LogP contribution in [0.1, 0.15) is 12.5 Å². The molecular weight excluding hydrogens is 374 g/mol. The van der Waals surface area contributed by atoms with Crippen molar-refractivity contribution in [3.63, 3.8) is 0 Å². The quantitative estimate of drug-likeness (QED) is 0.476. The smallest absolute Gasteiger partial charge is 0.308 e. The number of anilines is 1. The second kappa shape index (κ2) is 8.31. The molecule has 5 nitrogen and oxygen atoms in total. The van der Waals surface area contributed by atoms with E-state index < -0.39 is 5.97 Å². The van der Waals surface area contributed by atoms with Gasteiger partial charge in [-0.3, -0.25) is 9.59 Å². The maximum atomic E-state index is 12.0. The van der Waals surface area contributed by atoms with E-state index in [4.69, 9.17) is 9.47 Å². The van der Waals surface area contributed by atoms with Crippen molar-refractivity contribution in [2.45, 2.75) is 6.92 Å².